The Morgan fingerprint density at radius 2 is 1.66 bits per heavy atom. The van der Waals surface area contributed by atoms with E-state index in [2.05, 4.69) is 5.32 Å². The zero-order chi connectivity index (χ0) is 21.7. The molecule has 29 heavy (non-hydrogen) atoms. The topological polar surface area (TPSA) is 84.9 Å². The molecule has 2 aromatic rings. The number of hydrogen-bond donors (Lipinski definition) is 2. The summed E-state index contributed by atoms with van der Waals surface area (Å²) in [6.07, 6.45) is 0.383. The first-order chi connectivity index (χ1) is 13.5. The Morgan fingerprint density at radius 1 is 1.00 bits per heavy atom. The van der Waals surface area contributed by atoms with Crippen LogP contribution in [-0.2, 0) is 27.2 Å². The normalized spacial score (nSPS) is 13.3. The molecule has 0 saturated carbocycles. The summed E-state index contributed by atoms with van der Waals surface area (Å²) >= 11 is 0. The summed E-state index contributed by atoms with van der Waals surface area (Å²) in [4.78, 5) is 25.2. The smallest absolute Gasteiger partial charge is 0.313 e. The minimum Gasteiger partial charge on any atom is -0.504 e. The van der Waals surface area contributed by atoms with Gasteiger partial charge in [0, 0.05) is 6.42 Å². The Labute approximate surface area is 171 Å². The van der Waals surface area contributed by atoms with Crippen LogP contribution >= 0.6 is 0 Å². The summed E-state index contributed by atoms with van der Waals surface area (Å²) in [5.41, 5.74) is -0.304. The van der Waals surface area contributed by atoms with Gasteiger partial charge in [-0.05, 0) is 51.0 Å². The summed E-state index contributed by atoms with van der Waals surface area (Å²) < 4.78 is 10.8. The van der Waals surface area contributed by atoms with Crippen molar-refractivity contribution in [1.82, 2.24) is 5.32 Å². The number of carbonyl (C=O) groups is 2. The lowest BCUT2D eigenvalue weighted by molar-refractivity contribution is -0.172. The van der Waals surface area contributed by atoms with Gasteiger partial charge in [0.25, 0.3) is 0 Å². The Kier molecular flexibility index (Phi) is 6.90. The molecule has 1 atom stereocenters. The summed E-state index contributed by atoms with van der Waals surface area (Å²) in [6.45, 7) is 6.99. The molecular weight excluding hydrogens is 370 g/mol. The van der Waals surface area contributed by atoms with Crippen LogP contribution in [0.2, 0.25) is 0 Å². The predicted octanol–water partition coefficient (Wildman–Crippen LogP) is 3.61. The Balaban J connectivity index is 2.19. The molecule has 0 aliphatic heterocycles. The molecule has 0 saturated heterocycles. The molecule has 6 heteroatoms. The van der Waals surface area contributed by atoms with E-state index in [1.165, 1.54) is 13.2 Å². The first kappa shape index (κ1) is 22.3. The fourth-order valence-electron chi connectivity index (χ4n) is 2.81. The molecule has 0 unspecified atom stereocenters. The van der Waals surface area contributed by atoms with Crippen LogP contribution in [-0.4, -0.2) is 29.8 Å². The highest BCUT2D eigenvalue weighted by molar-refractivity contribution is 5.80. The molecule has 0 aliphatic rings. The summed E-state index contributed by atoms with van der Waals surface area (Å²) in [5.74, 6) is -0.411. The van der Waals surface area contributed by atoms with Gasteiger partial charge < -0.3 is 19.9 Å². The number of amides is 1. The number of methoxy groups -OCH3 is 1. The van der Waals surface area contributed by atoms with Crippen LogP contribution in [0.25, 0.3) is 0 Å². The van der Waals surface area contributed by atoms with E-state index in [0.29, 0.717) is 17.7 Å². The van der Waals surface area contributed by atoms with Gasteiger partial charge in [0.15, 0.2) is 17.2 Å². The minimum absolute atomic E-state index is 0.00433. The second kappa shape index (κ2) is 8.99. The SMILES string of the molecule is COc1cc(CC(=O)N[C@](C)(Cc2ccccc2)OC(=O)C(C)(C)C)ccc1O. The van der Waals surface area contributed by atoms with Crippen LogP contribution < -0.4 is 10.1 Å². The standard InChI is InChI=1S/C23H29NO5/c1-22(2,3)21(27)29-23(4,15-16-9-7-6-8-10-16)24-20(26)14-17-11-12-18(25)19(13-17)28-5/h6-13,25H,14-15H2,1-5H3,(H,24,26)/t23-/m0/s1. The third-order valence-corrected chi connectivity index (χ3v) is 4.33. The van der Waals surface area contributed by atoms with Gasteiger partial charge in [0.05, 0.1) is 18.9 Å². The summed E-state index contributed by atoms with van der Waals surface area (Å²) in [6, 6.07) is 14.2. The molecule has 0 aliphatic carbocycles. The fraction of sp³-hybridized carbons (Fsp3) is 0.391. The van der Waals surface area contributed by atoms with Gasteiger partial charge >= 0.3 is 5.97 Å². The van der Waals surface area contributed by atoms with Crippen LogP contribution in [0, 0.1) is 5.41 Å². The molecule has 156 valence electrons. The number of hydrogen-bond acceptors (Lipinski definition) is 5. The average molecular weight is 399 g/mol. The van der Waals surface area contributed by atoms with E-state index in [4.69, 9.17) is 9.47 Å². The van der Waals surface area contributed by atoms with Crippen molar-refractivity contribution in [3.05, 3.63) is 59.7 Å². The van der Waals surface area contributed by atoms with Crippen molar-refractivity contribution < 1.29 is 24.2 Å². The van der Waals surface area contributed by atoms with Crippen molar-refractivity contribution in [2.45, 2.75) is 46.3 Å². The van der Waals surface area contributed by atoms with Crippen molar-refractivity contribution in [3.63, 3.8) is 0 Å². The maximum absolute atomic E-state index is 12.7. The van der Waals surface area contributed by atoms with E-state index in [0.717, 1.165) is 5.56 Å². The highest BCUT2D eigenvalue weighted by atomic mass is 16.6. The average Bonchev–Trinajstić information content (AvgIpc) is 2.62. The quantitative estimate of drug-likeness (QED) is 0.549. The number of nitrogens with one attached hydrogen (secondary N) is 1. The van der Waals surface area contributed by atoms with Gasteiger partial charge in [-0.15, -0.1) is 0 Å². The van der Waals surface area contributed by atoms with E-state index < -0.39 is 17.1 Å². The van der Waals surface area contributed by atoms with Crippen molar-refractivity contribution in [2.24, 2.45) is 5.41 Å². The molecule has 0 aromatic heterocycles. The first-order valence-corrected chi connectivity index (χ1v) is 9.47. The molecule has 0 spiro atoms. The number of phenolic OH excluding ortho intramolecular Hbond substituents is 1. The molecule has 6 nitrogen and oxygen atoms in total. The molecule has 1 amide bonds. The number of benzene rings is 2. The third-order valence-electron chi connectivity index (χ3n) is 4.33. The molecule has 0 fully saturated rings. The predicted molar refractivity (Wildman–Crippen MR) is 111 cm³/mol. The summed E-state index contributed by atoms with van der Waals surface area (Å²) in [5, 5.41) is 12.6. The van der Waals surface area contributed by atoms with Crippen molar-refractivity contribution in [1.29, 1.82) is 0 Å². The fourth-order valence-corrected chi connectivity index (χ4v) is 2.81. The van der Waals surface area contributed by atoms with Gasteiger partial charge in [-0.25, -0.2) is 0 Å². The van der Waals surface area contributed by atoms with E-state index in [1.807, 2.05) is 30.3 Å². The number of phenols is 1. The molecule has 2 aromatic carbocycles. The number of aromatic hydroxyl groups is 1. The van der Waals surface area contributed by atoms with E-state index in [9.17, 15) is 14.7 Å². The van der Waals surface area contributed by atoms with E-state index in [-0.39, 0.29) is 18.1 Å². The maximum atomic E-state index is 12.7. The van der Waals surface area contributed by atoms with Crippen LogP contribution in [0.5, 0.6) is 11.5 Å². The summed E-state index contributed by atoms with van der Waals surface area (Å²) in [7, 11) is 1.45. The lowest BCUT2D eigenvalue weighted by Crippen LogP contribution is -2.52. The second-order valence-corrected chi connectivity index (χ2v) is 8.26. The number of rotatable bonds is 7. The Bertz CT molecular complexity index is 857. The van der Waals surface area contributed by atoms with Gasteiger partial charge in [-0.2, -0.15) is 0 Å². The van der Waals surface area contributed by atoms with Gasteiger partial charge in [0.1, 0.15) is 0 Å². The highest BCUT2D eigenvalue weighted by Gasteiger charge is 2.35. The lowest BCUT2D eigenvalue weighted by atomic mass is 9.96. The molecular formula is C23H29NO5. The largest absolute Gasteiger partial charge is 0.504 e. The van der Waals surface area contributed by atoms with Gasteiger partial charge in [-0.3, -0.25) is 9.59 Å². The minimum atomic E-state index is -1.20. The number of ether oxygens (including phenoxy) is 2. The molecule has 0 heterocycles. The molecule has 0 radical (unpaired) electrons. The lowest BCUT2D eigenvalue weighted by Gasteiger charge is -2.33. The van der Waals surface area contributed by atoms with Crippen LogP contribution in [0.15, 0.2) is 48.5 Å². The zero-order valence-electron chi connectivity index (χ0n) is 17.6. The molecule has 0 bridgehead atoms. The monoisotopic (exact) mass is 399 g/mol. The Hall–Kier alpha value is -3.02. The molecule has 2 rings (SSSR count). The first-order valence-electron chi connectivity index (χ1n) is 9.47. The highest BCUT2D eigenvalue weighted by Crippen LogP contribution is 2.27. The van der Waals surface area contributed by atoms with Crippen LogP contribution in [0.3, 0.4) is 0 Å². The van der Waals surface area contributed by atoms with E-state index in [1.54, 1.807) is 39.8 Å². The second-order valence-electron chi connectivity index (χ2n) is 8.26. The van der Waals surface area contributed by atoms with Gasteiger partial charge in [0.2, 0.25) is 5.91 Å². The maximum Gasteiger partial charge on any atom is 0.313 e. The third kappa shape index (κ3) is 6.52. The Morgan fingerprint density at radius 3 is 2.24 bits per heavy atom. The van der Waals surface area contributed by atoms with Crippen molar-refractivity contribution in [2.75, 3.05) is 7.11 Å². The number of esters is 1. The zero-order valence-corrected chi connectivity index (χ0v) is 17.6. The van der Waals surface area contributed by atoms with Crippen LogP contribution in [0.4, 0.5) is 0 Å². The number of carbonyl (C=O) groups excluding carboxylic acids is 2. The van der Waals surface area contributed by atoms with Crippen molar-refractivity contribution >= 4 is 11.9 Å². The van der Waals surface area contributed by atoms with Crippen LogP contribution in [0.1, 0.15) is 38.8 Å². The molecule has 2 N–H and O–H groups in total. The van der Waals surface area contributed by atoms with Gasteiger partial charge in [-0.1, -0.05) is 36.4 Å². The van der Waals surface area contributed by atoms with E-state index >= 15 is 0 Å². The van der Waals surface area contributed by atoms with Crippen molar-refractivity contribution in [3.8, 4) is 11.5 Å².